The van der Waals surface area contributed by atoms with E-state index in [4.69, 9.17) is 10.2 Å². The van der Waals surface area contributed by atoms with Gasteiger partial charge in [-0.05, 0) is 30.7 Å². The third-order valence-corrected chi connectivity index (χ3v) is 1.89. The largest absolute Gasteiger partial charge is 0.508 e. The van der Waals surface area contributed by atoms with Crippen LogP contribution in [-0.2, 0) is 4.79 Å². The highest BCUT2D eigenvalue weighted by atomic mass is 16.3. The highest BCUT2D eigenvalue weighted by molar-refractivity contribution is 5.91. The van der Waals surface area contributed by atoms with Crippen LogP contribution in [0.4, 0.5) is 0 Å². The summed E-state index contributed by atoms with van der Waals surface area (Å²) in [4.78, 5) is 11.2. The van der Waals surface area contributed by atoms with Gasteiger partial charge in [0.15, 0.2) is 0 Å². The predicted molar refractivity (Wildman–Crippen MR) is 61.8 cm³/mol. The Kier molecular flexibility index (Phi) is 4.54. The van der Waals surface area contributed by atoms with Crippen LogP contribution in [0, 0.1) is 0 Å². The summed E-state index contributed by atoms with van der Waals surface area (Å²) in [6, 6.07) is 6.50. The molecule has 1 aromatic carbocycles. The van der Waals surface area contributed by atoms with Crippen molar-refractivity contribution in [3.8, 4) is 5.75 Å². The molecular weight excluding hydrogens is 206 g/mol. The molecule has 4 heteroatoms. The van der Waals surface area contributed by atoms with E-state index in [1.54, 1.807) is 37.3 Å². The van der Waals surface area contributed by atoms with Gasteiger partial charge in [-0.2, -0.15) is 0 Å². The molecule has 0 radical (unpaired) electrons. The third kappa shape index (κ3) is 4.61. The van der Waals surface area contributed by atoms with E-state index in [0.717, 1.165) is 5.56 Å². The second kappa shape index (κ2) is 5.92. The Balaban J connectivity index is 2.47. The van der Waals surface area contributed by atoms with Crippen LogP contribution in [0.5, 0.6) is 5.75 Å². The Labute approximate surface area is 94.2 Å². The Morgan fingerprint density at radius 2 is 2.06 bits per heavy atom. The van der Waals surface area contributed by atoms with Gasteiger partial charge in [-0.1, -0.05) is 12.1 Å². The van der Waals surface area contributed by atoms with Crippen LogP contribution in [0.15, 0.2) is 30.3 Å². The Morgan fingerprint density at radius 1 is 1.44 bits per heavy atom. The van der Waals surface area contributed by atoms with Crippen LogP contribution in [-0.4, -0.2) is 28.8 Å². The van der Waals surface area contributed by atoms with Crippen LogP contribution < -0.4 is 5.32 Å². The molecule has 1 amide bonds. The lowest BCUT2D eigenvalue weighted by molar-refractivity contribution is -0.116. The quantitative estimate of drug-likeness (QED) is 0.662. The van der Waals surface area contributed by atoms with Crippen molar-refractivity contribution < 1.29 is 15.0 Å². The summed E-state index contributed by atoms with van der Waals surface area (Å²) >= 11 is 0. The molecule has 0 aliphatic heterocycles. The Morgan fingerprint density at radius 3 is 2.62 bits per heavy atom. The Hall–Kier alpha value is -1.81. The standard InChI is InChI=1S/C12H15NO3/c1-9(14)8-13-12(16)7-4-10-2-5-11(15)6-3-10/h2-7,9,14-15H,8H2,1H3,(H,13,16)/b7-4+. The molecule has 0 bridgehead atoms. The number of nitrogens with one attached hydrogen (secondary N) is 1. The lowest BCUT2D eigenvalue weighted by Gasteiger charge is -2.03. The fourth-order valence-corrected chi connectivity index (χ4v) is 1.06. The summed E-state index contributed by atoms with van der Waals surface area (Å²) in [7, 11) is 0. The number of amides is 1. The highest BCUT2D eigenvalue weighted by Gasteiger charge is 1.98. The topological polar surface area (TPSA) is 69.6 Å². The number of phenols is 1. The second-order valence-electron chi connectivity index (χ2n) is 3.52. The zero-order valence-corrected chi connectivity index (χ0v) is 9.05. The van der Waals surface area contributed by atoms with E-state index in [1.807, 2.05) is 0 Å². The minimum atomic E-state index is -0.550. The third-order valence-electron chi connectivity index (χ3n) is 1.89. The summed E-state index contributed by atoms with van der Waals surface area (Å²) in [5, 5.41) is 20.5. The van der Waals surface area contributed by atoms with E-state index >= 15 is 0 Å². The molecule has 1 unspecified atom stereocenters. The summed E-state index contributed by atoms with van der Waals surface area (Å²) in [5.74, 6) is -0.0651. The second-order valence-corrected chi connectivity index (χ2v) is 3.52. The number of aliphatic hydroxyl groups is 1. The van der Waals surface area contributed by atoms with Gasteiger partial charge < -0.3 is 15.5 Å². The number of aromatic hydroxyl groups is 1. The summed E-state index contributed by atoms with van der Waals surface area (Å²) in [6.45, 7) is 1.84. The van der Waals surface area contributed by atoms with Crippen molar-refractivity contribution in [1.29, 1.82) is 0 Å². The molecule has 0 spiro atoms. The van der Waals surface area contributed by atoms with Gasteiger partial charge in [0.2, 0.25) is 5.91 Å². The Bertz CT molecular complexity index is 368. The van der Waals surface area contributed by atoms with E-state index in [2.05, 4.69) is 5.32 Å². The smallest absolute Gasteiger partial charge is 0.244 e. The van der Waals surface area contributed by atoms with Gasteiger partial charge in [0.05, 0.1) is 6.10 Å². The minimum absolute atomic E-state index is 0.190. The average Bonchev–Trinajstić information content (AvgIpc) is 2.25. The van der Waals surface area contributed by atoms with Crippen molar-refractivity contribution in [3.63, 3.8) is 0 Å². The molecule has 0 saturated heterocycles. The van der Waals surface area contributed by atoms with Crippen LogP contribution >= 0.6 is 0 Å². The number of hydrogen-bond donors (Lipinski definition) is 3. The van der Waals surface area contributed by atoms with Crippen molar-refractivity contribution in [2.24, 2.45) is 0 Å². The molecule has 86 valence electrons. The maximum absolute atomic E-state index is 11.2. The molecule has 1 aromatic rings. The van der Waals surface area contributed by atoms with Crippen molar-refractivity contribution in [3.05, 3.63) is 35.9 Å². The molecule has 16 heavy (non-hydrogen) atoms. The molecule has 1 rings (SSSR count). The molecule has 0 heterocycles. The summed E-state index contributed by atoms with van der Waals surface area (Å²) < 4.78 is 0. The van der Waals surface area contributed by atoms with Crippen molar-refractivity contribution >= 4 is 12.0 Å². The van der Waals surface area contributed by atoms with E-state index < -0.39 is 6.10 Å². The van der Waals surface area contributed by atoms with E-state index in [0.29, 0.717) is 0 Å². The van der Waals surface area contributed by atoms with Gasteiger partial charge in [-0.3, -0.25) is 4.79 Å². The van der Waals surface area contributed by atoms with Gasteiger partial charge in [-0.25, -0.2) is 0 Å². The predicted octanol–water partition coefficient (Wildman–Crippen LogP) is 0.902. The number of benzene rings is 1. The van der Waals surface area contributed by atoms with Crippen molar-refractivity contribution in [2.45, 2.75) is 13.0 Å². The zero-order valence-electron chi connectivity index (χ0n) is 9.05. The van der Waals surface area contributed by atoms with Gasteiger partial charge >= 0.3 is 0 Å². The molecule has 0 saturated carbocycles. The van der Waals surface area contributed by atoms with Crippen LogP contribution in [0.2, 0.25) is 0 Å². The zero-order chi connectivity index (χ0) is 12.0. The lowest BCUT2D eigenvalue weighted by Crippen LogP contribution is -2.28. The SMILES string of the molecule is CC(O)CNC(=O)/C=C/c1ccc(O)cc1. The highest BCUT2D eigenvalue weighted by Crippen LogP contribution is 2.10. The number of hydrogen-bond acceptors (Lipinski definition) is 3. The molecule has 0 aliphatic carbocycles. The van der Waals surface area contributed by atoms with Gasteiger partial charge in [-0.15, -0.1) is 0 Å². The van der Waals surface area contributed by atoms with E-state index in [9.17, 15) is 4.79 Å². The molecule has 0 aromatic heterocycles. The van der Waals surface area contributed by atoms with Crippen molar-refractivity contribution in [1.82, 2.24) is 5.32 Å². The monoisotopic (exact) mass is 221 g/mol. The van der Waals surface area contributed by atoms with E-state index in [-0.39, 0.29) is 18.2 Å². The van der Waals surface area contributed by atoms with Crippen molar-refractivity contribution in [2.75, 3.05) is 6.54 Å². The normalized spacial score (nSPS) is 12.6. The number of phenolic OH excluding ortho intramolecular Hbond substituents is 1. The first-order chi connectivity index (χ1) is 7.58. The number of aliphatic hydroxyl groups excluding tert-OH is 1. The molecule has 0 fully saturated rings. The fraction of sp³-hybridized carbons (Fsp3) is 0.250. The number of carbonyl (C=O) groups is 1. The minimum Gasteiger partial charge on any atom is -0.508 e. The molecule has 4 nitrogen and oxygen atoms in total. The first kappa shape index (κ1) is 12.3. The van der Waals surface area contributed by atoms with Crippen LogP contribution in [0.25, 0.3) is 6.08 Å². The first-order valence-corrected chi connectivity index (χ1v) is 5.01. The number of rotatable bonds is 4. The molecule has 0 aliphatic rings. The molecule has 3 N–H and O–H groups in total. The average molecular weight is 221 g/mol. The summed E-state index contributed by atoms with van der Waals surface area (Å²) in [5.41, 5.74) is 0.824. The number of carbonyl (C=O) groups excluding carboxylic acids is 1. The molecular formula is C12H15NO3. The lowest BCUT2D eigenvalue weighted by atomic mass is 10.2. The molecule has 1 atom stereocenters. The fourth-order valence-electron chi connectivity index (χ4n) is 1.06. The van der Waals surface area contributed by atoms with E-state index in [1.165, 1.54) is 6.08 Å². The van der Waals surface area contributed by atoms with Crippen LogP contribution in [0.1, 0.15) is 12.5 Å². The maximum atomic E-state index is 11.2. The van der Waals surface area contributed by atoms with Gasteiger partial charge in [0, 0.05) is 12.6 Å². The van der Waals surface area contributed by atoms with Gasteiger partial charge in [0.1, 0.15) is 5.75 Å². The van der Waals surface area contributed by atoms with Crippen LogP contribution in [0.3, 0.4) is 0 Å². The maximum Gasteiger partial charge on any atom is 0.244 e. The van der Waals surface area contributed by atoms with Gasteiger partial charge in [0.25, 0.3) is 0 Å². The first-order valence-electron chi connectivity index (χ1n) is 5.01. The summed E-state index contributed by atoms with van der Waals surface area (Å²) in [6.07, 6.45) is 2.47.